The van der Waals surface area contributed by atoms with Crippen molar-refractivity contribution in [2.45, 2.75) is 6.92 Å². The summed E-state index contributed by atoms with van der Waals surface area (Å²) in [5.41, 5.74) is 0.833. The van der Waals surface area contributed by atoms with Gasteiger partial charge in [0.2, 0.25) is 5.82 Å². The predicted octanol–water partition coefficient (Wildman–Crippen LogP) is 0.622. The highest BCUT2D eigenvalue weighted by Gasteiger charge is 1.96. The normalized spacial score (nSPS) is 16.1. The molecule has 1 heterocycles. The van der Waals surface area contributed by atoms with E-state index in [1.54, 1.807) is 6.21 Å². The number of nitrogens with zero attached hydrogens (tertiary/aromatic N) is 2. The van der Waals surface area contributed by atoms with Crippen molar-refractivity contribution in [1.82, 2.24) is 0 Å². The smallest absolute Gasteiger partial charge is 0.215 e. The molecule has 0 saturated heterocycles. The van der Waals surface area contributed by atoms with E-state index in [2.05, 4.69) is 15.9 Å². The van der Waals surface area contributed by atoms with Gasteiger partial charge in [-0.3, -0.25) is 5.41 Å². The van der Waals surface area contributed by atoms with E-state index in [0.717, 1.165) is 5.71 Å². The first-order chi connectivity index (χ1) is 3.83. The fourth-order valence-electron chi connectivity index (χ4n) is 0.440. The van der Waals surface area contributed by atoms with Gasteiger partial charge >= 0.3 is 0 Å². The molecule has 0 amide bonds. The summed E-state index contributed by atoms with van der Waals surface area (Å²) >= 11 is 0. The minimum atomic E-state index is 0.363. The average Bonchev–Trinajstić information content (AvgIpc) is 2.14. The first-order valence-corrected chi connectivity index (χ1v) is 2.22. The maximum absolute atomic E-state index is 6.58. The van der Waals surface area contributed by atoms with Crippen molar-refractivity contribution in [2.75, 3.05) is 0 Å². The Morgan fingerprint density at radius 2 is 2.50 bits per heavy atom. The van der Waals surface area contributed by atoms with Gasteiger partial charge in [0.05, 0.1) is 11.9 Å². The van der Waals surface area contributed by atoms with Gasteiger partial charge < -0.3 is 0 Å². The summed E-state index contributed by atoms with van der Waals surface area (Å²) in [7, 11) is 0. The van der Waals surface area contributed by atoms with Crippen molar-refractivity contribution in [3.8, 4) is 0 Å². The van der Waals surface area contributed by atoms with E-state index in [-0.39, 0.29) is 0 Å². The lowest BCUT2D eigenvalue weighted by atomic mass is 10.5. The number of hydrogen-bond acceptors (Lipinski definition) is 3. The van der Waals surface area contributed by atoms with Gasteiger partial charge in [0, 0.05) is 5.87 Å². The van der Waals surface area contributed by atoms with Gasteiger partial charge in [0.25, 0.3) is 0 Å². The van der Waals surface area contributed by atoms with Crippen LogP contribution in [0.2, 0.25) is 0 Å². The largest absolute Gasteiger partial charge is 0.255 e. The third-order valence-corrected chi connectivity index (χ3v) is 0.768. The summed E-state index contributed by atoms with van der Waals surface area (Å²) in [5, 5.41) is 6.58. The summed E-state index contributed by atoms with van der Waals surface area (Å²) in [5.74, 6) is 2.44. The highest BCUT2D eigenvalue weighted by atomic mass is 15.0. The topological polar surface area (TPSA) is 48.6 Å². The van der Waals surface area contributed by atoms with Crippen LogP contribution >= 0.6 is 0 Å². The van der Waals surface area contributed by atoms with Crippen LogP contribution in [-0.4, -0.2) is 17.8 Å². The number of hydrogen-bond donors (Lipinski definition) is 1. The zero-order valence-electron chi connectivity index (χ0n) is 4.47. The second-order valence-electron chi connectivity index (χ2n) is 1.46. The molecule has 1 N–H and O–H groups in total. The number of nitrogens with one attached hydrogen (secondary N) is 1. The van der Waals surface area contributed by atoms with Crippen LogP contribution in [0.1, 0.15) is 6.92 Å². The van der Waals surface area contributed by atoms with Crippen molar-refractivity contribution in [3.63, 3.8) is 0 Å². The molecule has 0 aliphatic carbocycles. The molecule has 0 aromatic rings. The maximum atomic E-state index is 6.58. The highest BCUT2D eigenvalue weighted by molar-refractivity contribution is 6.31. The summed E-state index contributed by atoms with van der Waals surface area (Å²) < 4.78 is 0. The fourth-order valence-corrected chi connectivity index (χ4v) is 0.440. The minimum Gasteiger partial charge on any atom is -0.255 e. The van der Waals surface area contributed by atoms with Gasteiger partial charge in [-0.05, 0) is 6.92 Å². The molecule has 1 aliphatic heterocycles. The Balaban J connectivity index is 3.01. The Bertz CT molecular complexity index is 206. The first-order valence-electron chi connectivity index (χ1n) is 2.22. The van der Waals surface area contributed by atoms with Crippen LogP contribution in [0.3, 0.4) is 0 Å². The summed E-state index contributed by atoms with van der Waals surface area (Å²) in [6.07, 6.45) is 1.61. The Labute approximate surface area is 47.0 Å². The molecule has 1 aliphatic rings. The van der Waals surface area contributed by atoms with E-state index in [1.165, 1.54) is 0 Å². The first kappa shape index (κ1) is 4.94. The third kappa shape index (κ3) is 0.718. The molecule has 0 aromatic carbocycles. The lowest BCUT2D eigenvalue weighted by Crippen LogP contribution is -1.82. The number of aliphatic imine (C=N–C) groups is 2. The van der Waals surface area contributed by atoms with Gasteiger partial charge in [0.15, 0.2) is 0 Å². The lowest BCUT2D eigenvalue weighted by Gasteiger charge is -1.73. The van der Waals surface area contributed by atoms with Crippen LogP contribution in [0.4, 0.5) is 0 Å². The molecule has 0 atom stereocenters. The van der Waals surface area contributed by atoms with Crippen molar-refractivity contribution < 1.29 is 0 Å². The zero-order valence-corrected chi connectivity index (χ0v) is 4.47. The molecule has 0 radical (unpaired) electrons. The van der Waals surface area contributed by atoms with E-state index in [0.29, 0.717) is 5.82 Å². The van der Waals surface area contributed by atoms with Crippen LogP contribution in [0.5, 0.6) is 0 Å². The molecule has 1 rings (SSSR count). The van der Waals surface area contributed by atoms with E-state index in [1.807, 2.05) is 6.92 Å². The molecular formula is C5H5N3. The molecule has 0 aromatic heterocycles. The SMILES string of the molecule is CC1=NC(=C=N)N=C1. The van der Waals surface area contributed by atoms with Gasteiger partial charge in [-0.2, -0.15) is 0 Å². The summed E-state index contributed by atoms with van der Waals surface area (Å²) in [6.45, 7) is 1.83. The molecule has 3 nitrogen and oxygen atoms in total. The standard InChI is InChI=1S/C5H5N3/c1-4-3-7-5(2-6)8-4/h3,6H,1H3. The molecule has 0 bridgehead atoms. The summed E-state index contributed by atoms with van der Waals surface area (Å²) in [6, 6.07) is 0. The molecule has 8 heavy (non-hydrogen) atoms. The molecule has 0 spiro atoms. The molecule has 0 unspecified atom stereocenters. The van der Waals surface area contributed by atoms with Crippen LogP contribution in [0.25, 0.3) is 0 Å². The predicted molar refractivity (Wildman–Crippen MR) is 32.8 cm³/mol. The third-order valence-electron chi connectivity index (χ3n) is 0.768. The highest BCUT2D eigenvalue weighted by Crippen LogP contribution is 1.98. The molecule has 40 valence electrons. The lowest BCUT2D eigenvalue weighted by molar-refractivity contribution is 1.31. The second-order valence-corrected chi connectivity index (χ2v) is 1.46. The monoisotopic (exact) mass is 107 g/mol. The molecular weight excluding hydrogens is 102 g/mol. The van der Waals surface area contributed by atoms with Crippen LogP contribution < -0.4 is 0 Å². The minimum absolute atomic E-state index is 0.363. The van der Waals surface area contributed by atoms with Gasteiger partial charge in [-0.15, -0.1) is 0 Å². The van der Waals surface area contributed by atoms with E-state index >= 15 is 0 Å². The van der Waals surface area contributed by atoms with Gasteiger partial charge in [0.1, 0.15) is 0 Å². The van der Waals surface area contributed by atoms with Crippen molar-refractivity contribution in [2.24, 2.45) is 9.98 Å². The van der Waals surface area contributed by atoms with Crippen LogP contribution in [0, 0.1) is 5.41 Å². The van der Waals surface area contributed by atoms with Crippen LogP contribution in [-0.2, 0) is 0 Å². The Morgan fingerprint density at radius 1 is 1.75 bits per heavy atom. The Kier molecular flexibility index (Phi) is 1.06. The van der Waals surface area contributed by atoms with E-state index < -0.39 is 0 Å². The maximum Gasteiger partial charge on any atom is 0.215 e. The molecule has 0 fully saturated rings. The second kappa shape index (κ2) is 1.72. The van der Waals surface area contributed by atoms with Crippen LogP contribution in [0.15, 0.2) is 15.8 Å². The van der Waals surface area contributed by atoms with Crippen molar-refractivity contribution in [3.05, 3.63) is 5.82 Å². The fraction of sp³-hybridized carbons (Fsp3) is 0.200. The molecule has 3 heteroatoms. The Hall–Kier alpha value is -1.21. The summed E-state index contributed by atoms with van der Waals surface area (Å²) in [4.78, 5) is 7.54. The van der Waals surface area contributed by atoms with Crippen molar-refractivity contribution in [1.29, 1.82) is 5.41 Å². The quantitative estimate of drug-likeness (QED) is 0.441. The Morgan fingerprint density at radius 3 is 2.75 bits per heavy atom. The number of rotatable bonds is 0. The average molecular weight is 107 g/mol. The molecule has 0 saturated carbocycles. The van der Waals surface area contributed by atoms with Gasteiger partial charge in [-0.25, -0.2) is 9.98 Å². The zero-order chi connectivity index (χ0) is 5.98. The van der Waals surface area contributed by atoms with Crippen molar-refractivity contribution >= 4 is 17.8 Å². The van der Waals surface area contributed by atoms with E-state index in [4.69, 9.17) is 5.41 Å². The van der Waals surface area contributed by atoms with Gasteiger partial charge in [-0.1, -0.05) is 0 Å². The van der Waals surface area contributed by atoms with E-state index in [9.17, 15) is 0 Å².